The van der Waals surface area contributed by atoms with E-state index in [0.29, 0.717) is 5.25 Å². The number of hydrogen-bond acceptors (Lipinski definition) is 3. The van der Waals surface area contributed by atoms with E-state index in [1.165, 1.54) is 0 Å². The summed E-state index contributed by atoms with van der Waals surface area (Å²) >= 11 is -0.933. The van der Waals surface area contributed by atoms with E-state index in [1.54, 1.807) is 0 Å². The quantitative estimate of drug-likeness (QED) is 0.445. The molecule has 4 heteroatoms. The molecule has 0 aliphatic heterocycles. The maximum absolute atomic E-state index is 10.8. The molecule has 0 aromatic rings. The van der Waals surface area contributed by atoms with Crippen molar-refractivity contribution >= 4 is 11.4 Å². The van der Waals surface area contributed by atoms with E-state index in [0.717, 1.165) is 12.8 Å². The lowest BCUT2D eigenvalue weighted by molar-refractivity contribution is 0.583. The van der Waals surface area contributed by atoms with Gasteiger partial charge in [-0.05, 0) is 0 Å². The van der Waals surface area contributed by atoms with E-state index < -0.39 is 11.4 Å². The highest BCUT2D eigenvalue weighted by Crippen LogP contribution is 2.26. The average Bonchev–Trinajstić information content (AvgIpc) is 2.63. The van der Waals surface area contributed by atoms with Gasteiger partial charge in [0.05, 0.1) is 6.07 Å². The number of hydrogen-bond donors (Lipinski definition) is 1. The van der Waals surface area contributed by atoms with E-state index in [-0.39, 0.29) is 6.54 Å². The SMILES string of the molecule is N#CCN[S+]([O-])C1CC1. The molecule has 0 spiro atoms. The first-order chi connectivity index (χ1) is 4.34. The first-order valence-corrected chi connectivity index (χ1v) is 4.07. The summed E-state index contributed by atoms with van der Waals surface area (Å²) in [7, 11) is 0. The summed E-state index contributed by atoms with van der Waals surface area (Å²) in [5.74, 6) is 0. The maximum atomic E-state index is 10.8. The van der Waals surface area contributed by atoms with Gasteiger partial charge in [0.25, 0.3) is 0 Å². The molecule has 1 atom stereocenters. The van der Waals surface area contributed by atoms with Crippen LogP contribution < -0.4 is 4.72 Å². The van der Waals surface area contributed by atoms with Crippen LogP contribution in [0.3, 0.4) is 0 Å². The second kappa shape index (κ2) is 3.06. The summed E-state index contributed by atoms with van der Waals surface area (Å²) in [6.07, 6.45) is 2.09. The Bertz CT molecular complexity index is 129. The zero-order valence-electron chi connectivity index (χ0n) is 4.96. The van der Waals surface area contributed by atoms with Gasteiger partial charge in [0, 0.05) is 24.2 Å². The Labute approximate surface area is 57.4 Å². The number of nitrogens with zero attached hydrogens (tertiary/aromatic N) is 1. The Kier molecular flexibility index (Phi) is 2.34. The minimum atomic E-state index is -0.933. The predicted octanol–water partition coefficient (Wildman–Crippen LogP) is -0.0743. The van der Waals surface area contributed by atoms with E-state index in [1.807, 2.05) is 6.07 Å². The first-order valence-electron chi connectivity index (χ1n) is 2.85. The number of nitrogens with one attached hydrogen (secondary N) is 1. The Morgan fingerprint density at radius 1 is 1.78 bits per heavy atom. The topological polar surface area (TPSA) is 58.9 Å². The molecule has 0 aromatic carbocycles. The monoisotopic (exact) mass is 144 g/mol. The van der Waals surface area contributed by atoms with Crippen LogP contribution in [0.1, 0.15) is 12.8 Å². The summed E-state index contributed by atoms with van der Waals surface area (Å²) in [5, 5.41) is 8.40. The van der Waals surface area contributed by atoms with Gasteiger partial charge in [-0.1, -0.05) is 0 Å². The number of nitriles is 1. The van der Waals surface area contributed by atoms with Crippen molar-refractivity contribution in [3.8, 4) is 6.07 Å². The van der Waals surface area contributed by atoms with Gasteiger partial charge in [0.2, 0.25) is 0 Å². The molecule has 1 aliphatic rings. The summed E-state index contributed by atoms with van der Waals surface area (Å²) in [5.41, 5.74) is 0. The van der Waals surface area contributed by atoms with Crippen LogP contribution in [-0.4, -0.2) is 16.3 Å². The van der Waals surface area contributed by atoms with Crippen LogP contribution in [-0.2, 0) is 11.4 Å². The fourth-order valence-corrected chi connectivity index (χ4v) is 1.51. The molecule has 1 aliphatic carbocycles. The normalized spacial score (nSPS) is 20.9. The third kappa shape index (κ3) is 2.22. The van der Waals surface area contributed by atoms with Crippen LogP contribution in [0.2, 0.25) is 0 Å². The summed E-state index contributed by atoms with van der Waals surface area (Å²) < 4.78 is 13.4. The largest absolute Gasteiger partial charge is 0.598 e. The molecule has 0 heterocycles. The minimum Gasteiger partial charge on any atom is -0.598 e. The van der Waals surface area contributed by atoms with Gasteiger partial charge in [-0.3, -0.25) is 0 Å². The van der Waals surface area contributed by atoms with Crippen molar-refractivity contribution in [3.05, 3.63) is 0 Å². The highest BCUT2D eigenvalue weighted by atomic mass is 32.2. The van der Waals surface area contributed by atoms with Gasteiger partial charge in [-0.15, -0.1) is 4.72 Å². The fourth-order valence-electron chi connectivity index (χ4n) is 0.503. The standard InChI is InChI=1S/C5H8N2OS/c6-3-4-7-9(8)5-1-2-5/h5,7H,1-2,4H2. The molecule has 0 bridgehead atoms. The lowest BCUT2D eigenvalue weighted by atomic mass is 10.8. The van der Waals surface area contributed by atoms with Crippen molar-refractivity contribution in [2.75, 3.05) is 6.54 Å². The van der Waals surface area contributed by atoms with Crippen LogP contribution in [0.5, 0.6) is 0 Å². The fraction of sp³-hybridized carbons (Fsp3) is 0.800. The average molecular weight is 144 g/mol. The zero-order chi connectivity index (χ0) is 6.69. The van der Waals surface area contributed by atoms with E-state index >= 15 is 0 Å². The van der Waals surface area contributed by atoms with Crippen LogP contribution >= 0.6 is 0 Å². The lowest BCUT2D eigenvalue weighted by Gasteiger charge is -2.05. The van der Waals surface area contributed by atoms with E-state index in [9.17, 15) is 4.55 Å². The molecule has 0 amide bonds. The lowest BCUT2D eigenvalue weighted by Crippen LogP contribution is -2.27. The van der Waals surface area contributed by atoms with Crippen molar-refractivity contribution in [3.63, 3.8) is 0 Å². The van der Waals surface area contributed by atoms with Gasteiger partial charge in [-0.25, -0.2) is 0 Å². The predicted molar refractivity (Wildman–Crippen MR) is 34.8 cm³/mol. The van der Waals surface area contributed by atoms with Crippen LogP contribution in [0, 0.1) is 11.3 Å². The number of rotatable bonds is 3. The molecular weight excluding hydrogens is 136 g/mol. The maximum Gasteiger partial charge on any atom is 0.135 e. The second-order valence-corrected chi connectivity index (χ2v) is 3.53. The van der Waals surface area contributed by atoms with Crippen molar-refractivity contribution < 1.29 is 4.55 Å². The Balaban J connectivity index is 2.04. The van der Waals surface area contributed by atoms with Crippen LogP contribution in [0.25, 0.3) is 0 Å². The Morgan fingerprint density at radius 3 is 2.89 bits per heavy atom. The third-order valence-electron chi connectivity index (χ3n) is 1.12. The van der Waals surface area contributed by atoms with Crippen LogP contribution in [0.15, 0.2) is 0 Å². The molecular formula is C5H8N2OS. The van der Waals surface area contributed by atoms with E-state index in [4.69, 9.17) is 5.26 Å². The summed E-state index contributed by atoms with van der Waals surface area (Å²) in [6, 6.07) is 1.88. The summed E-state index contributed by atoms with van der Waals surface area (Å²) in [4.78, 5) is 0. The molecule has 1 rings (SSSR count). The Hall–Kier alpha value is -0.240. The molecule has 0 radical (unpaired) electrons. The molecule has 0 aromatic heterocycles. The molecule has 0 saturated heterocycles. The van der Waals surface area contributed by atoms with Crippen molar-refractivity contribution in [2.24, 2.45) is 0 Å². The Morgan fingerprint density at radius 2 is 2.44 bits per heavy atom. The van der Waals surface area contributed by atoms with Gasteiger partial charge in [0.15, 0.2) is 0 Å². The molecule has 1 N–H and O–H groups in total. The molecule has 1 unspecified atom stereocenters. The summed E-state index contributed by atoms with van der Waals surface area (Å²) in [6.45, 7) is 0.198. The van der Waals surface area contributed by atoms with Gasteiger partial charge < -0.3 is 4.55 Å². The molecule has 3 nitrogen and oxygen atoms in total. The smallest absolute Gasteiger partial charge is 0.135 e. The molecule has 9 heavy (non-hydrogen) atoms. The second-order valence-electron chi connectivity index (χ2n) is 1.98. The van der Waals surface area contributed by atoms with Gasteiger partial charge in [0.1, 0.15) is 11.8 Å². The highest BCUT2D eigenvalue weighted by Gasteiger charge is 2.34. The first kappa shape index (κ1) is 6.87. The zero-order valence-corrected chi connectivity index (χ0v) is 5.78. The van der Waals surface area contributed by atoms with Crippen molar-refractivity contribution in [1.82, 2.24) is 4.72 Å². The van der Waals surface area contributed by atoms with Gasteiger partial charge >= 0.3 is 0 Å². The highest BCUT2D eigenvalue weighted by molar-refractivity contribution is 7.90. The van der Waals surface area contributed by atoms with Crippen molar-refractivity contribution in [2.45, 2.75) is 18.1 Å². The molecule has 1 fully saturated rings. The minimum absolute atomic E-state index is 0.198. The molecule has 1 saturated carbocycles. The van der Waals surface area contributed by atoms with Crippen molar-refractivity contribution in [1.29, 1.82) is 5.26 Å². The molecule has 50 valence electrons. The third-order valence-corrected chi connectivity index (χ3v) is 2.63. The van der Waals surface area contributed by atoms with Gasteiger partial charge in [-0.2, -0.15) is 5.26 Å². The van der Waals surface area contributed by atoms with Crippen LogP contribution in [0.4, 0.5) is 0 Å². The van der Waals surface area contributed by atoms with E-state index in [2.05, 4.69) is 4.72 Å².